The number of alkyl halides is 1. The molecule has 0 bridgehead atoms. The molecule has 0 radical (unpaired) electrons. The van der Waals surface area contributed by atoms with Crippen LogP contribution < -0.4 is 4.90 Å². The highest BCUT2D eigenvalue weighted by atomic mass is 19.1. The lowest BCUT2D eigenvalue weighted by Crippen LogP contribution is -2.51. The minimum Gasteiger partial charge on any atom is -0.309 e. The number of anilines is 1. The van der Waals surface area contributed by atoms with E-state index >= 15 is 0 Å². The lowest BCUT2D eigenvalue weighted by atomic mass is 10.00. The molecule has 1 aliphatic rings. The van der Waals surface area contributed by atoms with Gasteiger partial charge in [-0.2, -0.15) is 0 Å². The second-order valence-corrected chi connectivity index (χ2v) is 6.84. The van der Waals surface area contributed by atoms with Gasteiger partial charge in [-0.15, -0.1) is 0 Å². The molecule has 1 aliphatic heterocycles. The van der Waals surface area contributed by atoms with Crippen molar-refractivity contribution in [3.05, 3.63) is 66.2 Å². The van der Waals surface area contributed by atoms with E-state index in [0.29, 0.717) is 25.9 Å². The number of amides is 1. The molecule has 0 aromatic heterocycles. The maximum absolute atomic E-state index is 14.8. The van der Waals surface area contributed by atoms with Crippen LogP contribution in [0.5, 0.6) is 0 Å². The zero-order chi connectivity index (χ0) is 18.4. The number of rotatable bonds is 6. The van der Waals surface area contributed by atoms with E-state index in [0.717, 1.165) is 18.5 Å². The Morgan fingerprint density at radius 3 is 2.38 bits per heavy atom. The monoisotopic (exact) mass is 354 g/mol. The molecule has 2 aromatic carbocycles. The Labute approximate surface area is 155 Å². The Hall–Kier alpha value is -2.20. The van der Waals surface area contributed by atoms with E-state index < -0.39 is 6.30 Å². The summed E-state index contributed by atoms with van der Waals surface area (Å²) in [6.07, 6.45) is 1.45. The lowest BCUT2D eigenvalue weighted by Gasteiger charge is -2.40. The van der Waals surface area contributed by atoms with E-state index in [1.165, 1.54) is 5.56 Å². The third-order valence-electron chi connectivity index (χ3n) is 5.11. The maximum atomic E-state index is 14.8. The fourth-order valence-electron chi connectivity index (χ4n) is 3.67. The summed E-state index contributed by atoms with van der Waals surface area (Å²) < 4.78 is 14.8. The van der Waals surface area contributed by atoms with Crippen molar-refractivity contribution in [3.8, 4) is 0 Å². The van der Waals surface area contributed by atoms with Crippen LogP contribution in [0.15, 0.2) is 60.7 Å². The molecular weight excluding hydrogens is 327 g/mol. The maximum Gasteiger partial charge on any atom is 0.226 e. The van der Waals surface area contributed by atoms with Crippen LogP contribution in [0.4, 0.5) is 10.1 Å². The molecule has 1 amide bonds. The van der Waals surface area contributed by atoms with Crippen molar-refractivity contribution in [2.45, 2.75) is 44.9 Å². The van der Waals surface area contributed by atoms with Crippen LogP contribution in [0.3, 0.4) is 0 Å². The van der Waals surface area contributed by atoms with Gasteiger partial charge >= 0.3 is 0 Å². The van der Waals surface area contributed by atoms with Crippen molar-refractivity contribution in [2.24, 2.45) is 0 Å². The number of benzene rings is 2. The van der Waals surface area contributed by atoms with Gasteiger partial charge in [-0.1, -0.05) is 55.5 Å². The molecule has 0 N–H and O–H groups in total. The summed E-state index contributed by atoms with van der Waals surface area (Å²) in [4.78, 5) is 16.2. The van der Waals surface area contributed by atoms with Crippen LogP contribution in [0.1, 0.15) is 31.7 Å². The van der Waals surface area contributed by atoms with Gasteiger partial charge in [0.1, 0.15) is 0 Å². The number of hydrogen-bond donors (Lipinski definition) is 0. The smallest absolute Gasteiger partial charge is 0.226 e. The Balaban J connectivity index is 1.63. The number of nitrogens with zero attached hydrogens (tertiary/aromatic N) is 2. The molecule has 26 heavy (non-hydrogen) atoms. The van der Waals surface area contributed by atoms with Crippen molar-refractivity contribution >= 4 is 11.6 Å². The summed E-state index contributed by atoms with van der Waals surface area (Å²) >= 11 is 0. The van der Waals surface area contributed by atoms with Crippen molar-refractivity contribution in [3.63, 3.8) is 0 Å². The molecule has 3 rings (SSSR count). The number of carbonyl (C=O) groups excluding carboxylic acids is 1. The standard InChI is InChI=1S/C22H27FN2O/c1-2-22(26)25(19-11-7-4-8-12-19)20-14-16-24(21(23)17-20)15-13-18-9-5-3-6-10-18/h3-12,20-21H,2,13-17H2,1H3. The number of para-hydroxylation sites is 1. The van der Waals surface area contributed by atoms with Crippen LogP contribution in [0.25, 0.3) is 0 Å². The van der Waals surface area contributed by atoms with Crippen LogP contribution in [0.2, 0.25) is 0 Å². The topological polar surface area (TPSA) is 23.6 Å². The third kappa shape index (κ3) is 4.50. The first-order chi connectivity index (χ1) is 12.7. The van der Waals surface area contributed by atoms with E-state index in [2.05, 4.69) is 12.1 Å². The number of carbonyl (C=O) groups is 1. The molecule has 2 unspecified atom stereocenters. The minimum absolute atomic E-state index is 0.0612. The first-order valence-electron chi connectivity index (χ1n) is 9.48. The average molecular weight is 354 g/mol. The van der Waals surface area contributed by atoms with E-state index in [-0.39, 0.29) is 11.9 Å². The van der Waals surface area contributed by atoms with Gasteiger partial charge in [-0.05, 0) is 30.5 Å². The number of piperidine rings is 1. The molecule has 2 atom stereocenters. The highest BCUT2D eigenvalue weighted by Crippen LogP contribution is 2.28. The fourth-order valence-corrected chi connectivity index (χ4v) is 3.67. The van der Waals surface area contributed by atoms with Gasteiger partial charge in [-0.25, -0.2) is 4.39 Å². The van der Waals surface area contributed by atoms with E-state index in [1.807, 2.05) is 60.4 Å². The van der Waals surface area contributed by atoms with Crippen molar-refractivity contribution < 1.29 is 9.18 Å². The molecular formula is C22H27FN2O. The summed E-state index contributed by atoms with van der Waals surface area (Å²) in [5, 5.41) is 0. The summed E-state index contributed by atoms with van der Waals surface area (Å²) in [7, 11) is 0. The molecule has 0 saturated carbocycles. The molecule has 3 nitrogen and oxygen atoms in total. The number of likely N-dealkylation sites (tertiary alicyclic amines) is 1. The summed E-state index contributed by atoms with van der Waals surface area (Å²) in [5.74, 6) is 0.0612. The second kappa shape index (κ2) is 8.95. The SMILES string of the molecule is CCC(=O)N(c1ccccc1)C1CCN(CCc2ccccc2)C(F)C1. The van der Waals surface area contributed by atoms with Crippen LogP contribution in [-0.2, 0) is 11.2 Å². The first kappa shape index (κ1) is 18.6. The van der Waals surface area contributed by atoms with Crippen LogP contribution in [0, 0.1) is 0 Å². The predicted octanol–water partition coefficient (Wildman–Crippen LogP) is 4.43. The molecule has 1 heterocycles. The minimum atomic E-state index is -1.01. The Bertz CT molecular complexity index is 692. The largest absolute Gasteiger partial charge is 0.309 e. The van der Waals surface area contributed by atoms with Crippen molar-refractivity contribution in [1.29, 1.82) is 0 Å². The summed E-state index contributed by atoms with van der Waals surface area (Å²) in [5.41, 5.74) is 2.10. The highest BCUT2D eigenvalue weighted by molar-refractivity contribution is 5.93. The van der Waals surface area contributed by atoms with Gasteiger partial charge in [-0.3, -0.25) is 9.69 Å². The van der Waals surface area contributed by atoms with Crippen molar-refractivity contribution in [2.75, 3.05) is 18.0 Å². The van der Waals surface area contributed by atoms with Crippen LogP contribution >= 0.6 is 0 Å². The lowest BCUT2D eigenvalue weighted by molar-refractivity contribution is -0.119. The quantitative estimate of drug-likeness (QED) is 0.717. The van der Waals surface area contributed by atoms with E-state index in [1.54, 1.807) is 4.90 Å². The Morgan fingerprint density at radius 2 is 1.77 bits per heavy atom. The zero-order valence-electron chi connectivity index (χ0n) is 15.4. The molecule has 4 heteroatoms. The summed E-state index contributed by atoms with van der Waals surface area (Å²) in [6.45, 7) is 3.25. The Kier molecular flexibility index (Phi) is 6.40. The molecule has 0 spiro atoms. The first-order valence-corrected chi connectivity index (χ1v) is 9.48. The van der Waals surface area contributed by atoms with Gasteiger partial charge in [0.2, 0.25) is 5.91 Å². The van der Waals surface area contributed by atoms with Gasteiger partial charge in [0.15, 0.2) is 6.30 Å². The molecule has 138 valence electrons. The predicted molar refractivity (Wildman–Crippen MR) is 104 cm³/mol. The molecule has 0 aliphatic carbocycles. The highest BCUT2D eigenvalue weighted by Gasteiger charge is 2.33. The molecule has 1 saturated heterocycles. The second-order valence-electron chi connectivity index (χ2n) is 6.84. The number of halogens is 1. The third-order valence-corrected chi connectivity index (χ3v) is 5.11. The van der Waals surface area contributed by atoms with Crippen molar-refractivity contribution in [1.82, 2.24) is 4.90 Å². The summed E-state index contributed by atoms with van der Waals surface area (Å²) in [6, 6.07) is 19.8. The zero-order valence-corrected chi connectivity index (χ0v) is 15.4. The molecule has 2 aromatic rings. The van der Waals surface area contributed by atoms with E-state index in [9.17, 15) is 9.18 Å². The number of hydrogen-bond acceptors (Lipinski definition) is 2. The Morgan fingerprint density at radius 1 is 1.12 bits per heavy atom. The van der Waals surface area contributed by atoms with Gasteiger partial charge < -0.3 is 4.90 Å². The fraction of sp³-hybridized carbons (Fsp3) is 0.409. The van der Waals surface area contributed by atoms with Gasteiger partial charge in [0.25, 0.3) is 0 Å². The normalized spacial score (nSPS) is 20.7. The van der Waals surface area contributed by atoms with Gasteiger partial charge in [0.05, 0.1) is 0 Å². The van der Waals surface area contributed by atoms with E-state index in [4.69, 9.17) is 0 Å². The average Bonchev–Trinajstić information content (AvgIpc) is 2.69. The molecule has 1 fully saturated rings. The van der Waals surface area contributed by atoms with Crippen LogP contribution in [-0.4, -0.2) is 36.2 Å². The van der Waals surface area contributed by atoms with Gasteiger partial charge in [0, 0.05) is 37.7 Å².